The van der Waals surface area contributed by atoms with Gasteiger partial charge >= 0.3 is 0 Å². The van der Waals surface area contributed by atoms with Crippen LogP contribution in [-0.2, 0) is 6.54 Å². The van der Waals surface area contributed by atoms with Crippen LogP contribution in [0.1, 0.15) is 22.8 Å². The summed E-state index contributed by atoms with van der Waals surface area (Å²) >= 11 is 2.12. The number of benzene rings is 1. The highest BCUT2D eigenvalue weighted by atomic mass is 127. The first-order valence-corrected chi connectivity index (χ1v) is 6.08. The molecule has 1 aromatic carbocycles. The molecule has 0 fully saturated rings. The van der Waals surface area contributed by atoms with Gasteiger partial charge in [-0.2, -0.15) is 0 Å². The number of nitrogens with one attached hydrogen (secondary N) is 1. The summed E-state index contributed by atoms with van der Waals surface area (Å²) in [7, 11) is 0. The fourth-order valence-corrected chi connectivity index (χ4v) is 2.53. The molecule has 5 heteroatoms. The van der Waals surface area contributed by atoms with Crippen LogP contribution in [0.4, 0.5) is 0 Å². The number of hydrogen-bond acceptors (Lipinski definition) is 3. The van der Waals surface area contributed by atoms with Crippen LogP contribution in [0.15, 0.2) is 12.1 Å². The number of ether oxygens (including phenoxy) is 1. The number of halogens is 1. The smallest absolute Gasteiger partial charge is 0.252 e. The van der Waals surface area contributed by atoms with Crippen molar-refractivity contribution in [3.8, 4) is 5.75 Å². The van der Waals surface area contributed by atoms with E-state index in [1.165, 1.54) is 0 Å². The molecule has 16 heavy (non-hydrogen) atoms. The summed E-state index contributed by atoms with van der Waals surface area (Å²) in [4.78, 5) is 11.5. The molecule has 1 aliphatic heterocycles. The molecule has 4 nitrogen and oxygen atoms in total. The molecule has 1 amide bonds. The summed E-state index contributed by atoms with van der Waals surface area (Å²) in [5.74, 6) is 0.669. The molecule has 1 aliphatic rings. The molecular weight excluding hydrogens is 321 g/mol. The van der Waals surface area contributed by atoms with E-state index < -0.39 is 0 Å². The Hall–Kier alpha value is -0.820. The molecule has 0 bridgehead atoms. The number of amides is 1. The third kappa shape index (κ3) is 2.15. The van der Waals surface area contributed by atoms with Crippen molar-refractivity contribution in [3.05, 3.63) is 26.8 Å². The Balaban J connectivity index is 2.31. The maximum atomic E-state index is 11.5. The van der Waals surface area contributed by atoms with Crippen molar-refractivity contribution in [3.63, 3.8) is 0 Å². The van der Waals surface area contributed by atoms with Crippen LogP contribution < -0.4 is 10.1 Å². The normalized spacial score (nSPS) is 15.6. The highest BCUT2D eigenvalue weighted by Gasteiger charge is 2.23. The zero-order valence-electron chi connectivity index (χ0n) is 8.79. The molecule has 0 radical (unpaired) electrons. The molecule has 0 saturated heterocycles. The van der Waals surface area contributed by atoms with E-state index in [0.717, 1.165) is 14.7 Å². The minimum Gasteiger partial charge on any atom is -0.488 e. The number of carbonyl (C=O) groups is 1. The molecule has 0 spiro atoms. The fraction of sp³-hybridized carbons (Fsp3) is 0.364. The lowest BCUT2D eigenvalue weighted by molar-refractivity contribution is 0.0965. The molecule has 0 unspecified atom stereocenters. The summed E-state index contributed by atoms with van der Waals surface area (Å²) < 4.78 is 6.39. The molecule has 1 atom stereocenters. The Morgan fingerprint density at radius 1 is 1.62 bits per heavy atom. The van der Waals surface area contributed by atoms with E-state index in [4.69, 9.17) is 9.84 Å². The summed E-state index contributed by atoms with van der Waals surface area (Å²) in [5.41, 5.74) is 1.70. The quantitative estimate of drug-likeness (QED) is 0.820. The largest absolute Gasteiger partial charge is 0.488 e. The molecule has 1 aromatic rings. The highest BCUT2D eigenvalue weighted by molar-refractivity contribution is 14.1. The minimum atomic E-state index is -0.237. The van der Waals surface area contributed by atoms with Crippen LogP contribution in [-0.4, -0.2) is 23.7 Å². The van der Waals surface area contributed by atoms with Crippen molar-refractivity contribution in [1.82, 2.24) is 5.32 Å². The molecular formula is C11H12INO3. The van der Waals surface area contributed by atoms with Gasteiger partial charge in [-0.15, -0.1) is 0 Å². The van der Waals surface area contributed by atoms with Crippen LogP contribution in [0, 0.1) is 3.57 Å². The summed E-state index contributed by atoms with van der Waals surface area (Å²) in [6.07, 6.45) is -0.237. The number of aliphatic hydroxyl groups is 1. The van der Waals surface area contributed by atoms with Crippen LogP contribution in [0.3, 0.4) is 0 Å². The van der Waals surface area contributed by atoms with Gasteiger partial charge in [0.2, 0.25) is 0 Å². The van der Waals surface area contributed by atoms with Crippen LogP contribution in [0.2, 0.25) is 0 Å². The van der Waals surface area contributed by atoms with Crippen LogP contribution in [0.5, 0.6) is 5.75 Å². The van der Waals surface area contributed by atoms with Gasteiger partial charge < -0.3 is 15.2 Å². The van der Waals surface area contributed by atoms with Gasteiger partial charge in [0.1, 0.15) is 11.9 Å². The predicted octanol–water partition coefficient (Wildman–Crippen LogP) is 1.29. The number of carbonyl (C=O) groups excluding carboxylic acids is 1. The van der Waals surface area contributed by atoms with E-state index in [2.05, 4.69) is 27.9 Å². The molecule has 0 aromatic heterocycles. The first-order chi connectivity index (χ1) is 7.61. The van der Waals surface area contributed by atoms with Gasteiger partial charge in [0.15, 0.2) is 0 Å². The summed E-state index contributed by atoms with van der Waals surface area (Å²) in [6.45, 7) is 2.32. The second-order valence-electron chi connectivity index (χ2n) is 3.73. The van der Waals surface area contributed by atoms with Crippen molar-refractivity contribution in [2.45, 2.75) is 19.6 Å². The van der Waals surface area contributed by atoms with E-state index in [-0.39, 0.29) is 18.6 Å². The highest BCUT2D eigenvalue weighted by Crippen LogP contribution is 2.27. The van der Waals surface area contributed by atoms with Gasteiger partial charge in [0, 0.05) is 10.1 Å². The molecule has 0 aliphatic carbocycles. The van der Waals surface area contributed by atoms with Crippen LogP contribution in [0.25, 0.3) is 0 Å². The van der Waals surface area contributed by atoms with E-state index in [1.807, 2.05) is 12.1 Å². The maximum absolute atomic E-state index is 11.5. The van der Waals surface area contributed by atoms with E-state index in [9.17, 15) is 4.79 Å². The maximum Gasteiger partial charge on any atom is 0.252 e. The lowest BCUT2D eigenvalue weighted by Crippen LogP contribution is -2.16. The lowest BCUT2D eigenvalue weighted by Gasteiger charge is -2.13. The van der Waals surface area contributed by atoms with Crippen molar-refractivity contribution in [2.75, 3.05) is 6.61 Å². The van der Waals surface area contributed by atoms with Crippen LogP contribution >= 0.6 is 22.6 Å². The predicted molar refractivity (Wildman–Crippen MR) is 67.5 cm³/mol. The Kier molecular flexibility index (Phi) is 3.34. The number of aliphatic hydroxyl groups excluding tert-OH is 1. The van der Waals surface area contributed by atoms with Crippen molar-refractivity contribution < 1.29 is 14.6 Å². The standard InChI is InChI=1S/C11H12INO3/c1-6(5-14)16-8-2-7-4-13-11(15)10(7)9(12)3-8/h2-3,6,14H,4-5H2,1H3,(H,13,15)/t6-/m0/s1. The number of fused-ring (bicyclic) bond motifs is 1. The molecule has 0 saturated carbocycles. The third-order valence-corrected chi connectivity index (χ3v) is 3.26. The molecule has 2 N–H and O–H groups in total. The second kappa shape index (κ2) is 4.58. The first kappa shape index (κ1) is 11.7. The number of hydrogen-bond donors (Lipinski definition) is 2. The van der Waals surface area contributed by atoms with Crippen molar-refractivity contribution in [1.29, 1.82) is 0 Å². The van der Waals surface area contributed by atoms with Gasteiger partial charge in [0.25, 0.3) is 5.91 Å². The second-order valence-corrected chi connectivity index (χ2v) is 4.90. The molecule has 2 rings (SSSR count). The molecule has 86 valence electrons. The summed E-state index contributed by atoms with van der Waals surface area (Å²) in [6, 6.07) is 3.66. The SMILES string of the molecule is C[C@@H](CO)Oc1cc(I)c2c(c1)CNC2=O. The first-order valence-electron chi connectivity index (χ1n) is 5.00. The Bertz CT molecular complexity index is 433. The lowest BCUT2D eigenvalue weighted by atomic mass is 10.1. The van der Waals surface area contributed by atoms with Gasteiger partial charge in [-0.1, -0.05) is 0 Å². The van der Waals surface area contributed by atoms with Gasteiger partial charge in [0.05, 0.1) is 12.2 Å². The van der Waals surface area contributed by atoms with Gasteiger partial charge in [-0.3, -0.25) is 4.79 Å². The Labute approximate surface area is 107 Å². The Morgan fingerprint density at radius 2 is 2.38 bits per heavy atom. The minimum absolute atomic E-state index is 0.0230. The van der Waals surface area contributed by atoms with Gasteiger partial charge in [-0.25, -0.2) is 0 Å². The Morgan fingerprint density at radius 3 is 3.06 bits per heavy atom. The third-order valence-electron chi connectivity index (χ3n) is 2.41. The van der Waals surface area contributed by atoms with E-state index >= 15 is 0 Å². The topological polar surface area (TPSA) is 58.6 Å². The average molecular weight is 333 g/mol. The van der Waals surface area contributed by atoms with E-state index in [1.54, 1.807) is 6.92 Å². The fourth-order valence-electron chi connectivity index (χ4n) is 1.63. The van der Waals surface area contributed by atoms with Gasteiger partial charge in [-0.05, 0) is 47.2 Å². The average Bonchev–Trinajstić information content (AvgIpc) is 2.60. The summed E-state index contributed by atoms with van der Waals surface area (Å²) in [5, 5.41) is 11.7. The molecule has 1 heterocycles. The monoisotopic (exact) mass is 333 g/mol. The van der Waals surface area contributed by atoms with Crippen molar-refractivity contribution in [2.24, 2.45) is 0 Å². The zero-order valence-corrected chi connectivity index (χ0v) is 10.9. The zero-order chi connectivity index (χ0) is 11.7. The van der Waals surface area contributed by atoms with E-state index in [0.29, 0.717) is 12.3 Å². The van der Waals surface area contributed by atoms with Crippen molar-refractivity contribution >= 4 is 28.5 Å². The number of rotatable bonds is 3.